The third-order valence-corrected chi connectivity index (χ3v) is 5.00. The van der Waals surface area contributed by atoms with Crippen LogP contribution in [0.5, 0.6) is 0 Å². The fourth-order valence-electron chi connectivity index (χ4n) is 3.58. The first-order valence-electron chi connectivity index (χ1n) is 9.76. The van der Waals surface area contributed by atoms with Crippen LogP contribution >= 0.6 is 0 Å². The van der Waals surface area contributed by atoms with E-state index in [9.17, 15) is 9.90 Å². The lowest BCUT2D eigenvalue weighted by molar-refractivity contribution is -0.115. The van der Waals surface area contributed by atoms with Crippen LogP contribution in [0.25, 0.3) is 10.9 Å². The van der Waals surface area contributed by atoms with Gasteiger partial charge in [0.25, 0.3) is 0 Å². The molecule has 2 heterocycles. The van der Waals surface area contributed by atoms with E-state index in [1.54, 1.807) is 6.92 Å². The Bertz CT molecular complexity index is 886. The van der Waals surface area contributed by atoms with Crippen LogP contribution in [-0.4, -0.2) is 53.6 Å². The van der Waals surface area contributed by atoms with Gasteiger partial charge in [0.1, 0.15) is 11.7 Å². The van der Waals surface area contributed by atoms with E-state index < -0.39 is 0 Å². The number of benzene rings is 1. The van der Waals surface area contributed by atoms with Crippen molar-refractivity contribution in [2.45, 2.75) is 45.8 Å². The van der Waals surface area contributed by atoms with E-state index in [-0.39, 0.29) is 17.8 Å². The zero-order valence-electron chi connectivity index (χ0n) is 16.8. The van der Waals surface area contributed by atoms with Crippen LogP contribution in [0.15, 0.2) is 29.3 Å². The van der Waals surface area contributed by atoms with Gasteiger partial charge in [-0.2, -0.15) is 4.99 Å². The van der Waals surface area contributed by atoms with Crippen molar-refractivity contribution in [2.24, 2.45) is 10.7 Å². The molecule has 7 heteroatoms. The number of rotatable bonds is 5. The predicted octanol–water partition coefficient (Wildman–Crippen LogP) is 1.73. The maximum Gasteiger partial charge on any atom is 0.244 e. The molecule has 1 amide bonds. The van der Waals surface area contributed by atoms with Crippen molar-refractivity contribution in [1.82, 2.24) is 10.3 Å². The number of nitrogens with zero attached hydrogens (tertiary/aromatic N) is 3. The number of aliphatic hydroxyl groups excluding tert-OH is 1. The Balaban J connectivity index is 1.91. The Morgan fingerprint density at radius 3 is 2.75 bits per heavy atom. The molecule has 3 rings (SSSR count). The lowest BCUT2D eigenvalue weighted by Crippen LogP contribution is -2.45. The van der Waals surface area contributed by atoms with Gasteiger partial charge in [0.15, 0.2) is 0 Å². The fraction of sp³-hybridized carbons (Fsp3) is 0.476. The number of nitrogens with two attached hydrogens (primary N) is 1. The minimum absolute atomic E-state index is 0.202. The van der Waals surface area contributed by atoms with Crippen LogP contribution < -0.4 is 16.0 Å². The summed E-state index contributed by atoms with van der Waals surface area (Å²) in [5, 5.41) is 13.8. The Labute approximate surface area is 165 Å². The molecule has 0 radical (unpaired) electrons. The van der Waals surface area contributed by atoms with E-state index in [1.165, 1.54) is 6.92 Å². The standard InChI is InChI=1S/C21H29N5O2/c1-13-4-5-19-16(10-13)11-18(20(22)24-15(3)28)21(25-19)26-8-6-17(7-9-26)23-12-14(2)27/h4-5,10-11,14,17,23,27H,6-9,12H2,1-3H3,(H2,22,24,28)/t14-/m1/s1. The summed E-state index contributed by atoms with van der Waals surface area (Å²) in [5.74, 6) is 0.648. The molecule has 150 valence electrons. The Morgan fingerprint density at radius 2 is 2.11 bits per heavy atom. The molecule has 0 aliphatic carbocycles. The number of pyridine rings is 1. The number of hydrogen-bond acceptors (Lipinski definition) is 5. The molecule has 0 bridgehead atoms. The van der Waals surface area contributed by atoms with Gasteiger partial charge in [-0.3, -0.25) is 4.79 Å². The minimum Gasteiger partial charge on any atom is -0.392 e. The minimum atomic E-state index is -0.349. The van der Waals surface area contributed by atoms with Gasteiger partial charge in [-0.25, -0.2) is 4.98 Å². The van der Waals surface area contributed by atoms with E-state index in [0.717, 1.165) is 48.2 Å². The SMILES string of the molecule is CC(=O)N=C(N)c1cc2cc(C)ccc2nc1N1CCC(NC[C@@H](C)O)CC1. The molecule has 1 saturated heterocycles. The molecule has 0 saturated carbocycles. The molecule has 1 fully saturated rings. The van der Waals surface area contributed by atoms with Crippen LogP contribution in [0.3, 0.4) is 0 Å². The quantitative estimate of drug-likeness (QED) is 0.537. The van der Waals surface area contributed by atoms with Gasteiger partial charge in [-0.15, -0.1) is 0 Å². The number of piperidine rings is 1. The molecule has 1 aliphatic rings. The van der Waals surface area contributed by atoms with E-state index in [2.05, 4.69) is 21.3 Å². The zero-order chi connectivity index (χ0) is 20.3. The molecular weight excluding hydrogens is 354 g/mol. The molecule has 2 aromatic rings. The zero-order valence-corrected chi connectivity index (χ0v) is 16.8. The molecule has 1 atom stereocenters. The number of amidine groups is 1. The second-order valence-corrected chi connectivity index (χ2v) is 7.59. The summed E-state index contributed by atoms with van der Waals surface area (Å²) in [4.78, 5) is 22.5. The van der Waals surface area contributed by atoms with Gasteiger partial charge in [0.2, 0.25) is 5.91 Å². The van der Waals surface area contributed by atoms with Crippen molar-refractivity contribution in [3.8, 4) is 0 Å². The summed E-state index contributed by atoms with van der Waals surface area (Å²) in [6.07, 6.45) is 1.55. The maximum atomic E-state index is 11.5. The highest BCUT2D eigenvalue weighted by molar-refractivity contribution is 6.08. The van der Waals surface area contributed by atoms with Crippen LogP contribution in [0.2, 0.25) is 0 Å². The monoisotopic (exact) mass is 383 g/mol. The number of aliphatic imine (C=N–C) groups is 1. The maximum absolute atomic E-state index is 11.5. The number of aryl methyl sites for hydroxylation is 1. The topological polar surface area (TPSA) is 104 Å². The highest BCUT2D eigenvalue weighted by atomic mass is 16.3. The average molecular weight is 383 g/mol. The molecule has 28 heavy (non-hydrogen) atoms. The smallest absolute Gasteiger partial charge is 0.244 e. The van der Waals surface area contributed by atoms with Crippen molar-refractivity contribution in [2.75, 3.05) is 24.5 Å². The normalized spacial score (nSPS) is 17.1. The van der Waals surface area contributed by atoms with Gasteiger partial charge in [-0.1, -0.05) is 11.6 Å². The second-order valence-electron chi connectivity index (χ2n) is 7.59. The lowest BCUT2D eigenvalue weighted by atomic mass is 10.0. The number of anilines is 1. The first-order chi connectivity index (χ1) is 13.3. The number of carbonyl (C=O) groups is 1. The van der Waals surface area contributed by atoms with E-state index in [0.29, 0.717) is 18.2 Å². The van der Waals surface area contributed by atoms with E-state index in [1.807, 2.05) is 25.1 Å². The molecule has 1 aromatic heterocycles. The summed E-state index contributed by atoms with van der Waals surface area (Å²) < 4.78 is 0. The van der Waals surface area contributed by atoms with Crippen LogP contribution in [0.4, 0.5) is 5.82 Å². The molecule has 0 spiro atoms. The van der Waals surface area contributed by atoms with E-state index >= 15 is 0 Å². The molecular formula is C21H29N5O2. The number of aromatic nitrogens is 1. The summed E-state index contributed by atoms with van der Waals surface area (Å²) in [6, 6.07) is 8.46. The van der Waals surface area contributed by atoms with Crippen molar-refractivity contribution in [3.05, 3.63) is 35.4 Å². The van der Waals surface area contributed by atoms with Crippen molar-refractivity contribution in [1.29, 1.82) is 0 Å². The highest BCUT2D eigenvalue weighted by Crippen LogP contribution is 2.27. The van der Waals surface area contributed by atoms with Crippen molar-refractivity contribution in [3.63, 3.8) is 0 Å². The Morgan fingerprint density at radius 1 is 1.39 bits per heavy atom. The van der Waals surface area contributed by atoms with Crippen LogP contribution in [-0.2, 0) is 4.79 Å². The number of fused-ring (bicyclic) bond motifs is 1. The first kappa shape index (κ1) is 20.2. The summed E-state index contributed by atoms with van der Waals surface area (Å²) in [6.45, 7) is 7.45. The molecule has 1 aliphatic heterocycles. The third-order valence-electron chi connectivity index (χ3n) is 5.00. The van der Waals surface area contributed by atoms with Gasteiger partial charge >= 0.3 is 0 Å². The number of aliphatic hydroxyl groups is 1. The first-order valence-corrected chi connectivity index (χ1v) is 9.76. The van der Waals surface area contributed by atoms with Gasteiger partial charge in [0.05, 0.1) is 17.2 Å². The number of hydrogen-bond donors (Lipinski definition) is 3. The summed E-state index contributed by atoms with van der Waals surface area (Å²) >= 11 is 0. The largest absolute Gasteiger partial charge is 0.392 e. The molecule has 0 unspecified atom stereocenters. The Kier molecular flexibility index (Phi) is 6.26. The average Bonchev–Trinajstić information content (AvgIpc) is 2.65. The van der Waals surface area contributed by atoms with Crippen LogP contribution in [0, 0.1) is 6.92 Å². The number of amides is 1. The number of carbonyl (C=O) groups excluding carboxylic acids is 1. The predicted molar refractivity (Wildman–Crippen MR) is 113 cm³/mol. The number of nitrogens with one attached hydrogen (secondary N) is 1. The molecule has 7 nitrogen and oxygen atoms in total. The highest BCUT2D eigenvalue weighted by Gasteiger charge is 2.23. The summed E-state index contributed by atoms with van der Waals surface area (Å²) in [7, 11) is 0. The summed E-state index contributed by atoms with van der Waals surface area (Å²) in [5.41, 5.74) is 8.90. The van der Waals surface area contributed by atoms with Gasteiger partial charge < -0.3 is 21.1 Å². The van der Waals surface area contributed by atoms with Gasteiger partial charge in [0, 0.05) is 38.0 Å². The van der Waals surface area contributed by atoms with Crippen molar-refractivity contribution < 1.29 is 9.90 Å². The van der Waals surface area contributed by atoms with E-state index in [4.69, 9.17) is 10.7 Å². The molecule has 1 aromatic carbocycles. The Hall–Kier alpha value is -2.51. The second kappa shape index (κ2) is 8.67. The lowest BCUT2D eigenvalue weighted by Gasteiger charge is -2.34. The third kappa shape index (κ3) is 4.85. The fourth-order valence-corrected chi connectivity index (χ4v) is 3.58. The van der Waals surface area contributed by atoms with Crippen LogP contribution in [0.1, 0.15) is 37.8 Å². The van der Waals surface area contributed by atoms with Gasteiger partial charge in [-0.05, 0) is 44.9 Å². The van der Waals surface area contributed by atoms with Crippen molar-refractivity contribution >= 4 is 28.5 Å². The molecule has 4 N–H and O–H groups in total.